The summed E-state index contributed by atoms with van der Waals surface area (Å²) in [5.74, 6) is 0.566. The average molecular weight is 330 g/mol. The SMILES string of the molecule is O=C(Nc1ccc(CC[C@H]2CCNC2)cc1)c1ccc(Cl)cn1. The van der Waals surface area contributed by atoms with Crippen LogP contribution in [0.25, 0.3) is 0 Å². The average Bonchev–Trinajstić information content (AvgIpc) is 3.08. The Balaban J connectivity index is 1.54. The summed E-state index contributed by atoms with van der Waals surface area (Å²) in [4.78, 5) is 16.1. The molecule has 1 fully saturated rings. The van der Waals surface area contributed by atoms with Crippen LogP contribution < -0.4 is 10.6 Å². The van der Waals surface area contributed by atoms with E-state index in [4.69, 9.17) is 11.6 Å². The summed E-state index contributed by atoms with van der Waals surface area (Å²) in [6.07, 6.45) is 5.05. The molecular weight excluding hydrogens is 310 g/mol. The van der Waals surface area contributed by atoms with Crippen LogP contribution in [0.4, 0.5) is 5.69 Å². The predicted molar refractivity (Wildman–Crippen MR) is 92.9 cm³/mol. The highest BCUT2D eigenvalue weighted by Gasteiger charge is 2.14. The van der Waals surface area contributed by atoms with Gasteiger partial charge in [-0.1, -0.05) is 23.7 Å². The highest BCUT2D eigenvalue weighted by atomic mass is 35.5. The van der Waals surface area contributed by atoms with E-state index in [-0.39, 0.29) is 5.91 Å². The van der Waals surface area contributed by atoms with E-state index in [1.165, 1.54) is 24.6 Å². The second-order valence-electron chi connectivity index (χ2n) is 5.91. The number of rotatable bonds is 5. The summed E-state index contributed by atoms with van der Waals surface area (Å²) in [6.45, 7) is 2.29. The first-order valence-corrected chi connectivity index (χ1v) is 8.31. The normalized spacial score (nSPS) is 17.2. The van der Waals surface area contributed by atoms with E-state index in [1.54, 1.807) is 12.1 Å². The third-order valence-electron chi connectivity index (χ3n) is 4.18. The smallest absolute Gasteiger partial charge is 0.274 e. The Morgan fingerprint density at radius 1 is 1.26 bits per heavy atom. The van der Waals surface area contributed by atoms with E-state index in [0.717, 1.165) is 31.1 Å². The van der Waals surface area contributed by atoms with Gasteiger partial charge in [0, 0.05) is 11.9 Å². The molecule has 23 heavy (non-hydrogen) atoms. The number of amides is 1. The summed E-state index contributed by atoms with van der Waals surface area (Å²) in [6, 6.07) is 11.3. The molecular formula is C18H20ClN3O. The highest BCUT2D eigenvalue weighted by molar-refractivity contribution is 6.30. The van der Waals surface area contributed by atoms with E-state index in [1.807, 2.05) is 12.1 Å². The van der Waals surface area contributed by atoms with Gasteiger partial charge in [-0.15, -0.1) is 0 Å². The molecule has 2 aromatic rings. The molecule has 1 aromatic heterocycles. The fourth-order valence-corrected chi connectivity index (χ4v) is 2.90. The molecule has 4 nitrogen and oxygen atoms in total. The molecule has 0 unspecified atom stereocenters. The Morgan fingerprint density at radius 2 is 2.09 bits per heavy atom. The Labute approximate surface area is 141 Å². The van der Waals surface area contributed by atoms with Crippen molar-refractivity contribution in [1.82, 2.24) is 10.3 Å². The molecule has 0 bridgehead atoms. The number of anilines is 1. The monoisotopic (exact) mass is 329 g/mol. The number of aromatic nitrogens is 1. The minimum Gasteiger partial charge on any atom is -0.321 e. The van der Waals surface area contributed by atoms with Crippen LogP contribution in [-0.4, -0.2) is 24.0 Å². The van der Waals surface area contributed by atoms with Gasteiger partial charge in [0.05, 0.1) is 5.02 Å². The van der Waals surface area contributed by atoms with Gasteiger partial charge in [0.1, 0.15) is 5.69 Å². The van der Waals surface area contributed by atoms with Gasteiger partial charge in [-0.05, 0) is 68.1 Å². The lowest BCUT2D eigenvalue weighted by molar-refractivity contribution is 0.102. The summed E-state index contributed by atoms with van der Waals surface area (Å²) >= 11 is 5.77. The zero-order valence-corrected chi connectivity index (χ0v) is 13.6. The molecule has 0 aliphatic carbocycles. The lowest BCUT2D eigenvalue weighted by atomic mass is 9.99. The topological polar surface area (TPSA) is 54.0 Å². The van der Waals surface area contributed by atoms with Crippen molar-refractivity contribution < 1.29 is 4.79 Å². The summed E-state index contributed by atoms with van der Waals surface area (Å²) in [5, 5.41) is 6.76. The van der Waals surface area contributed by atoms with Crippen LogP contribution >= 0.6 is 11.6 Å². The second kappa shape index (κ2) is 7.57. The minimum absolute atomic E-state index is 0.230. The third kappa shape index (κ3) is 4.53. The van der Waals surface area contributed by atoms with Gasteiger partial charge in [-0.2, -0.15) is 0 Å². The molecule has 2 N–H and O–H groups in total. The molecule has 1 saturated heterocycles. The lowest BCUT2D eigenvalue weighted by Gasteiger charge is -2.09. The van der Waals surface area contributed by atoms with E-state index < -0.39 is 0 Å². The van der Waals surface area contributed by atoms with E-state index >= 15 is 0 Å². The molecule has 3 rings (SSSR count). The quantitative estimate of drug-likeness (QED) is 0.882. The molecule has 0 spiro atoms. The number of pyridine rings is 1. The first-order valence-electron chi connectivity index (χ1n) is 7.93. The highest BCUT2D eigenvalue weighted by Crippen LogP contribution is 2.18. The van der Waals surface area contributed by atoms with Crippen molar-refractivity contribution >= 4 is 23.2 Å². The second-order valence-corrected chi connectivity index (χ2v) is 6.35. The van der Waals surface area contributed by atoms with E-state index in [2.05, 4.69) is 27.8 Å². The summed E-state index contributed by atoms with van der Waals surface area (Å²) < 4.78 is 0. The van der Waals surface area contributed by atoms with Crippen LogP contribution in [0, 0.1) is 5.92 Å². The predicted octanol–water partition coefficient (Wildman–Crippen LogP) is 3.53. The van der Waals surface area contributed by atoms with Gasteiger partial charge >= 0.3 is 0 Å². The fourth-order valence-electron chi connectivity index (χ4n) is 2.79. The van der Waals surface area contributed by atoms with E-state index in [0.29, 0.717) is 10.7 Å². The maximum atomic E-state index is 12.1. The zero-order valence-electron chi connectivity index (χ0n) is 12.9. The van der Waals surface area contributed by atoms with Crippen LogP contribution in [0.15, 0.2) is 42.6 Å². The number of nitrogens with one attached hydrogen (secondary N) is 2. The number of nitrogens with zero attached hydrogens (tertiary/aromatic N) is 1. The number of hydrogen-bond donors (Lipinski definition) is 2. The van der Waals surface area contributed by atoms with Crippen molar-refractivity contribution in [2.75, 3.05) is 18.4 Å². The van der Waals surface area contributed by atoms with Gasteiger partial charge in [0.2, 0.25) is 0 Å². The van der Waals surface area contributed by atoms with Crippen molar-refractivity contribution in [1.29, 1.82) is 0 Å². The minimum atomic E-state index is -0.230. The Hall–Kier alpha value is -1.91. The summed E-state index contributed by atoms with van der Waals surface area (Å²) in [7, 11) is 0. The van der Waals surface area contributed by atoms with E-state index in [9.17, 15) is 4.79 Å². The number of aryl methyl sites for hydroxylation is 1. The van der Waals surface area contributed by atoms with Crippen LogP contribution in [0.1, 0.15) is 28.9 Å². The fraction of sp³-hybridized carbons (Fsp3) is 0.333. The Bertz CT molecular complexity index is 649. The first-order chi connectivity index (χ1) is 11.2. The van der Waals surface area contributed by atoms with Crippen LogP contribution in [0.5, 0.6) is 0 Å². The van der Waals surface area contributed by atoms with Crippen molar-refractivity contribution in [3.8, 4) is 0 Å². The molecule has 1 atom stereocenters. The van der Waals surface area contributed by atoms with Crippen molar-refractivity contribution in [2.45, 2.75) is 19.3 Å². The maximum Gasteiger partial charge on any atom is 0.274 e. The number of benzene rings is 1. The van der Waals surface area contributed by atoms with Crippen molar-refractivity contribution in [3.63, 3.8) is 0 Å². The van der Waals surface area contributed by atoms with Crippen LogP contribution in [0.2, 0.25) is 5.02 Å². The molecule has 2 heterocycles. The molecule has 1 amide bonds. The Kier molecular flexibility index (Phi) is 5.26. The molecule has 1 aromatic carbocycles. The zero-order chi connectivity index (χ0) is 16.1. The van der Waals surface area contributed by atoms with Crippen LogP contribution in [0.3, 0.4) is 0 Å². The standard InChI is InChI=1S/C18H20ClN3O/c19-15-5-8-17(21-12-15)18(23)22-16-6-3-13(4-7-16)1-2-14-9-10-20-11-14/h3-8,12,14,20H,1-2,9-11H2,(H,22,23)/t14-/m0/s1. The number of carbonyl (C=O) groups excluding carboxylic acids is 1. The van der Waals surface area contributed by atoms with Gasteiger partial charge < -0.3 is 10.6 Å². The Morgan fingerprint density at radius 3 is 2.74 bits per heavy atom. The van der Waals surface area contributed by atoms with Crippen molar-refractivity contribution in [3.05, 3.63) is 58.9 Å². The number of halogens is 1. The number of hydrogen-bond acceptors (Lipinski definition) is 3. The first kappa shape index (κ1) is 16.0. The molecule has 0 radical (unpaired) electrons. The molecule has 0 saturated carbocycles. The largest absolute Gasteiger partial charge is 0.321 e. The lowest BCUT2D eigenvalue weighted by Crippen LogP contribution is -2.13. The molecule has 1 aliphatic rings. The third-order valence-corrected chi connectivity index (χ3v) is 4.40. The number of carbonyl (C=O) groups is 1. The van der Waals surface area contributed by atoms with Crippen LogP contribution in [-0.2, 0) is 6.42 Å². The van der Waals surface area contributed by atoms with Gasteiger partial charge in [0.15, 0.2) is 0 Å². The van der Waals surface area contributed by atoms with Gasteiger partial charge in [-0.25, -0.2) is 4.98 Å². The van der Waals surface area contributed by atoms with Crippen molar-refractivity contribution in [2.24, 2.45) is 5.92 Å². The van der Waals surface area contributed by atoms with Gasteiger partial charge in [-0.3, -0.25) is 4.79 Å². The summed E-state index contributed by atoms with van der Waals surface area (Å²) in [5.41, 5.74) is 2.43. The molecule has 1 aliphatic heterocycles. The maximum absolute atomic E-state index is 12.1. The molecule has 120 valence electrons. The molecule has 5 heteroatoms. The van der Waals surface area contributed by atoms with Gasteiger partial charge in [0.25, 0.3) is 5.91 Å².